The molecule has 1 aliphatic heterocycles. The maximum Gasteiger partial charge on any atom is 0.243 e. The molecule has 3 rings (SSSR count). The monoisotopic (exact) mass is 350 g/mol. The van der Waals surface area contributed by atoms with Crippen LogP contribution in [0.2, 0.25) is 0 Å². The van der Waals surface area contributed by atoms with E-state index in [1.165, 1.54) is 4.31 Å². The molecule has 0 saturated carbocycles. The zero-order valence-electron chi connectivity index (χ0n) is 14.1. The molecule has 0 unspecified atom stereocenters. The molecule has 0 aliphatic carbocycles. The Morgan fingerprint density at radius 2 is 2.08 bits per heavy atom. The lowest BCUT2D eigenvalue weighted by atomic mass is 10.0. The standard InChI is InChI=1S/C16H22N4O3S/c1-11-6-4-5-7-15(11)24(21,22)20(3)10-14-13(8-9-23-14)16-17-12(2)18-19-16/h4-7,13-14H,8-10H2,1-3H3,(H,17,18,19)/t13-,14-/m1/s1. The van der Waals surface area contributed by atoms with Crippen LogP contribution in [0.4, 0.5) is 0 Å². The Balaban J connectivity index is 1.78. The van der Waals surface area contributed by atoms with Crippen molar-refractivity contribution in [3.8, 4) is 0 Å². The summed E-state index contributed by atoms with van der Waals surface area (Å²) in [4.78, 5) is 4.70. The van der Waals surface area contributed by atoms with Crippen molar-refractivity contribution in [1.82, 2.24) is 19.5 Å². The number of nitrogens with zero attached hydrogens (tertiary/aromatic N) is 3. The van der Waals surface area contributed by atoms with Crippen molar-refractivity contribution in [1.29, 1.82) is 0 Å². The fourth-order valence-corrected chi connectivity index (χ4v) is 4.42. The lowest BCUT2D eigenvalue weighted by Crippen LogP contribution is -2.36. The highest BCUT2D eigenvalue weighted by atomic mass is 32.2. The van der Waals surface area contributed by atoms with Crippen molar-refractivity contribution >= 4 is 10.0 Å². The van der Waals surface area contributed by atoms with Gasteiger partial charge in [-0.05, 0) is 31.9 Å². The molecule has 0 spiro atoms. The van der Waals surface area contributed by atoms with Crippen LogP contribution in [0.15, 0.2) is 29.2 Å². The van der Waals surface area contributed by atoms with Crippen LogP contribution in [0.1, 0.15) is 29.6 Å². The minimum Gasteiger partial charge on any atom is -0.376 e. The van der Waals surface area contributed by atoms with Crippen LogP contribution in [0.25, 0.3) is 0 Å². The lowest BCUT2D eigenvalue weighted by Gasteiger charge is -2.24. The minimum absolute atomic E-state index is 0.00414. The number of sulfonamides is 1. The van der Waals surface area contributed by atoms with Crippen molar-refractivity contribution < 1.29 is 13.2 Å². The second-order valence-corrected chi connectivity index (χ2v) is 8.15. The third-order valence-electron chi connectivity index (χ3n) is 4.37. The third kappa shape index (κ3) is 3.22. The molecule has 7 nitrogen and oxygen atoms in total. The molecule has 1 saturated heterocycles. The summed E-state index contributed by atoms with van der Waals surface area (Å²) < 4.78 is 32.8. The summed E-state index contributed by atoms with van der Waals surface area (Å²) in [7, 11) is -1.97. The fraction of sp³-hybridized carbons (Fsp3) is 0.500. The van der Waals surface area contributed by atoms with Gasteiger partial charge in [0.15, 0.2) is 5.82 Å². The summed E-state index contributed by atoms with van der Waals surface area (Å²) >= 11 is 0. The zero-order chi connectivity index (χ0) is 17.3. The second kappa shape index (κ2) is 6.62. The third-order valence-corrected chi connectivity index (χ3v) is 6.36. The van der Waals surface area contributed by atoms with Crippen molar-refractivity contribution in [2.75, 3.05) is 20.2 Å². The lowest BCUT2D eigenvalue weighted by molar-refractivity contribution is 0.0894. The first kappa shape index (κ1) is 17.1. The number of hydrogen-bond donors (Lipinski definition) is 1. The molecule has 1 aromatic heterocycles. The van der Waals surface area contributed by atoms with E-state index >= 15 is 0 Å². The molecule has 1 fully saturated rings. The summed E-state index contributed by atoms with van der Waals surface area (Å²) in [5, 5.41) is 7.04. The van der Waals surface area contributed by atoms with Crippen LogP contribution in [0.5, 0.6) is 0 Å². The number of aromatic amines is 1. The minimum atomic E-state index is -3.55. The Morgan fingerprint density at radius 1 is 1.33 bits per heavy atom. The topological polar surface area (TPSA) is 88.2 Å². The summed E-state index contributed by atoms with van der Waals surface area (Å²) in [6, 6.07) is 6.99. The van der Waals surface area contributed by atoms with Crippen LogP contribution in [0.3, 0.4) is 0 Å². The van der Waals surface area contributed by atoms with Gasteiger partial charge in [-0.25, -0.2) is 13.4 Å². The van der Waals surface area contributed by atoms with Crippen LogP contribution in [-0.4, -0.2) is 54.2 Å². The molecule has 8 heteroatoms. The molecule has 2 atom stereocenters. The quantitative estimate of drug-likeness (QED) is 0.885. The maximum absolute atomic E-state index is 12.8. The van der Waals surface area contributed by atoms with Crippen molar-refractivity contribution in [3.05, 3.63) is 41.5 Å². The predicted octanol–water partition coefficient (Wildman–Crippen LogP) is 1.61. The van der Waals surface area contributed by atoms with E-state index in [1.807, 2.05) is 13.0 Å². The van der Waals surface area contributed by atoms with Gasteiger partial charge in [0, 0.05) is 20.2 Å². The number of benzene rings is 1. The van der Waals surface area contributed by atoms with E-state index in [4.69, 9.17) is 4.74 Å². The Morgan fingerprint density at radius 3 is 2.75 bits per heavy atom. The molecular formula is C16H22N4O3S. The highest BCUT2D eigenvalue weighted by molar-refractivity contribution is 7.89. The number of aromatic nitrogens is 3. The normalized spacial score (nSPS) is 21.5. The fourth-order valence-electron chi connectivity index (χ4n) is 3.01. The van der Waals surface area contributed by atoms with Crippen LogP contribution in [0, 0.1) is 13.8 Å². The van der Waals surface area contributed by atoms with E-state index in [-0.39, 0.29) is 18.6 Å². The second-order valence-electron chi connectivity index (χ2n) is 6.13. The van der Waals surface area contributed by atoms with Gasteiger partial charge >= 0.3 is 0 Å². The number of ether oxygens (including phenoxy) is 1. The summed E-state index contributed by atoms with van der Waals surface area (Å²) in [6.07, 6.45) is 0.546. The average Bonchev–Trinajstić information content (AvgIpc) is 3.16. The van der Waals surface area contributed by atoms with E-state index in [0.717, 1.165) is 17.8 Å². The molecule has 2 heterocycles. The van der Waals surface area contributed by atoms with Crippen molar-refractivity contribution in [2.24, 2.45) is 0 Å². The number of likely N-dealkylation sites (N-methyl/N-ethyl adjacent to an activating group) is 1. The Kier molecular flexibility index (Phi) is 4.71. The maximum atomic E-state index is 12.8. The summed E-state index contributed by atoms with van der Waals surface area (Å²) in [5.41, 5.74) is 0.734. The van der Waals surface area contributed by atoms with Gasteiger partial charge in [-0.1, -0.05) is 18.2 Å². The van der Waals surface area contributed by atoms with Crippen LogP contribution < -0.4 is 0 Å². The molecule has 130 valence electrons. The summed E-state index contributed by atoms with van der Waals surface area (Å²) in [5.74, 6) is 1.44. The van der Waals surface area contributed by atoms with E-state index in [1.54, 1.807) is 32.2 Å². The van der Waals surface area contributed by atoms with E-state index in [2.05, 4.69) is 15.2 Å². The molecule has 2 aromatic rings. The largest absolute Gasteiger partial charge is 0.376 e. The van der Waals surface area contributed by atoms with Crippen molar-refractivity contribution in [3.63, 3.8) is 0 Å². The van der Waals surface area contributed by atoms with Crippen LogP contribution >= 0.6 is 0 Å². The van der Waals surface area contributed by atoms with Gasteiger partial charge in [0.1, 0.15) is 5.82 Å². The SMILES string of the molecule is Cc1nc([C@@H]2CCO[C@@H]2CN(C)S(=O)(=O)c2ccccc2C)n[nH]1. The molecule has 1 aromatic carbocycles. The van der Waals surface area contributed by atoms with Crippen LogP contribution in [-0.2, 0) is 14.8 Å². The highest BCUT2D eigenvalue weighted by Gasteiger charge is 2.36. The van der Waals surface area contributed by atoms with Gasteiger partial charge < -0.3 is 4.74 Å². The Bertz CT molecular complexity index is 818. The van der Waals surface area contributed by atoms with E-state index in [0.29, 0.717) is 17.3 Å². The summed E-state index contributed by atoms with van der Waals surface area (Å²) in [6.45, 7) is 4.50. The van der Waals surface area contributed by atoms with Gasteiger partial charge in [-0.15, -0.1) is 0 Å². The van der Waals surface area contributed by atoms with Gasteiger partial charge in [0.2, 0.25) is 10.0 Å². The zero-order valence-corrected chi connectivity index (χ0v) is 14.9. The van der Waals surface area contributed by atoms with Crippen molar-refractivity contribution in [2.45, 2.75) is 37.2 Å². The molecular weight excluding hydrogens is 328 g/mol. The Labute approximate surface area is 142 Å². The number of rotatable bonds is 5. The van der Waals surface area contributed by atoms with Gasteiger partial charge in [0.05, 0.1) is 16.9 Å². The smallest absolute Gasteiger partial charge is 0.243 e. The first-order valence-corrected chi connectivity index (χ1v) is 9.36. The van der Waals surface area contributed by atoms with Gasteiger partial charge in [-0.2, -0.15) is 9.40 Å². The number of hydrogen-bond acceptors (Lipinski definition) is 5. The van der Waals surface area contributed by atoms with Gasteiger partial charge in [0.25, 0.3) is 0 Å². The Hall–Kier alpha value is -1.77. The molecule has 0 amide bonds. The van der Waals surface area contributed by atoms with Gasteiger partial charge in [-0.3, -0.25) is 5.10 Å². The predicted molar refractivity (Wildman–Crippen MR) is 89.2 cm³/mol. The first-order chi connectivity index (χ1) is 11.4. The molecule has 24 heavy (non-hydrogen) atoms. The molecule has 1 N–H and O–H groups in total. The number of aryl methyl sites for hydroxylation is 2. The molecule has 1 aliphatic rings. The number of nitrogens with one attached hydrogen (secondary N) is 1. The van der Waals surface area contributed by atoms with E-state index < -0.39 is 10.0 Å². The number of H-pyrrole nitrogens is 1. The highest BCUT2D eigenvalue weighted by Crippen LogP contribution is 2.30. The van der Waals surface area contributed by atoms with E-state index in [9.17, 15) is 8.42 Å². The molecule has 0 bridgehead atoms. The molecule has 0 radical (unpaired) electrons. The first-order valence-electron chi connectivity index (χ1n) is 7.92. The average molecular weight is 350 g/mol.